The molecule has 106 valence electrons. The molecule has 0 amide bonds. The molecule has 0 aliphatic rings. The molecule has 0 aromatic carbocycles. The van der Waals surface area contributed by atoms with Crippen molar-refractivity contribution in [2.24, 2.45) is 0 Å². The normalized spacial score (nSPS) is 13.1. The van der Waals surface area contributed by atoms with Gasteiger partial charge in [0.2, 0.25) is 5.95 Å². The minimum absolute atomic E-state index is 0.219. The second-order valence-electron chi connectivity index (χ2n) is 4.03. The molecule has 0 aliphatic carbocycles. The first-order chi connectivity index (χ1) is 9.38. The lowest BCUT2D eigenvalue weighted by Gasteiger charge is -2.15. The topological polar surface area (TPSA) is 50.7 Å². The number of alkyl halides is 3. The maximum Gasteiger partial charge on any atom is 0.433 e. The van der Waals surface area contributed by atoms with Crippen molar-refractivity contribution in [2.75, 3.05) is 5.32 Å². The highest BCUT2D eigenvalue weighted by molar-refractivity contribution is 5.32. The first-order valence-corrected chi connectivity index (χ1v) is 5.64. The van der Waals surface area contributed by atoms with E-state index in [4.69, 9.17) is 0 Å². The van der Waals surface area contributed by atoms with E-state index in [9.17, 15) is 17.6 Å². The van der Waals surface area contributed by atoms with Gasteiger partial charge in [0.25, 0.3) is 0 Å². The maximum atomic E-state index is 13.5. The lowest BCUT2D eigenvalue weighted by atomic mass is 10.1. The first-order valence-electron chi connectivity index (χ1n) is 5.64. The van der Waals surface area contributed by atoms with Gasteiger partial charge in [-0.05, 0) is 19.1 Å². The fourth-order valence-corrected chi connectivity index (χ4v) is 1.59. The number of hydrogen-bond acceptors (Lipinski definition) is 4. The third kappa shape index (κ3) is 3.19. The van der Waals surface area contributed by atoms with Crippen molar-refractivity contribution in [3.8, 4) is 0 Å². The van der Waals surface area contributed by atoms with E-state index in [1.165, 1.54) is 12.3 Å². The summed E-state index contributed by atoms with van der Waals surface area (Å²) in [5.41, 5.74) is -0.793. The van der Waals surface area contributed by atoms with Gasteiger partial charge in [-0.1, -0.05) is 0 Å². The van der Waals surface area contributed by atoms with Gasteiger partial charge >= 0.3 is 6.18 Å². The highest BCUT2D eigenvalue weighted by atomic mass is 19.4. The molecule has 1 N–H and O–H groups in total. The van der Waals surface area contributed by atoms with Crippen molar-refractivity contribution in [1.82, 2.24) is 15.0 Å². The molecule has 2 aromatic rings. The minimum atomic E-state index is -4.55. The molecule has 2 heterocycles. The van der Waals surface area contributed by atoms with Gasteiger partial charge in [0.1, 0.15) is 11.5 Å². The van der Waals surface area contributed by atoms with Crippen LogP contribution in [0, 0.1) is 5.82 Å². The average molecular weight is 286 g/mol. The van der Waals surface area contributed by atoms with Crippen molar-refractivity contribution < 1.29 is 17.6 Å². The van der Waals surface area contributed by atoms with Crippen LogP contribution in [0.2, 0.25) is 0 Å². The second-order valence-corrected chi connectivity index (χ2v) is 4.03. The van der Waals surface area contributed by atoms with Crippen LogP contribution in [0.25, 0.3) is 0 Å². The number of aromatic nitrogens is 3. The summed E-state index contributed by atoms with van der Waals surface area (Å²) in [4.78, 5) is 10.6. The Morgan fingerprint density at radius 1 is 1.20 bits per heavy atom. The van der Waals surface area contributed by atoms with Gasteiger partial charge in [0.05, 0.1) is 12.2 Å². The lowest BCUT2D eigenvalue weighted by molar-refractivity contribution is -0.141. The first kappa shape index (κ1) is 14.2. The van der Waals surface area contributed by atoms with Crippen molar-refractivity contribution >= 4 is 5.95 Å². The van der Waals surface area contributed by atoms with Crippen LogP contribution >= 0.6 is 0 Å². The molecule has 1 atom stereocenters. The quantitative estimate of drug-likeness (QED) is 0.880. The van der Waals surface area contributed by atoms with E-state index < -0.39 is 23.7 Å². The van der Waals surface area contributed by atoms with Gasteiger partial charge in [-0.25, -0.2) is 14.4 Å². The summed E-state index contributed by atoms with van der Waals surface area (Å²) in [6.45, 7) is 1.59. The third-order valence-corrected chi connectivity index (χ3v) is 2.56. The molecule has 20 heavy (non-hydrogen) atoms. The molecule has 2 aromatic heterocycles. The standard InChI is InChI=1S/C12H10F4N4/c1-7(8-2-4-17-6-9(8)13)19-11-18-5-3-10(20-11)12(14,15)16/h2-7H,1H3,(H,18,19,20). The SMILES string of the molecule is CC(Nc1nccc(C(F)(F)F)n1)c1ccncc1F. The number of nitrogens with one attached hydrogen (secondary N) is 1. The van der Waals surface area contributed by atoms with Crippen molar-refractivity contribution in [3.63, 3.8) is 0 Å². The Hall–Kier alpha value is -2.25. The summed E-state index contributed by atoms with van der Waals surface area (Å²) in [6, 6.07) is 1.60. The van der Waals surface area contributed by atoms with Gasteiger partial charge in [-0.3, -0.25) is 4.98 Å². The Balaban J connectivity index is 2.20. The van der Waals surface area contributed by atoms with E-state index in [0.717, 1.165) is 18.5 Å². The molecule has 4 nitrogen and oxygen atoms in total. The van der Waals surface area contributed by atoms with Crippen LogP contribution in [0.4, 0.5) is 23.5 Å². The Labute approximate surface area is 111 Å². The van der Waals surface area contributed by atoms with Gasteiger partial charge in [-0.15, -0.1) is 0 Å². The van der Waals surface area contributed by atoms with Crippen LogP contribution in [-0.4, -0.2) is 15.0 Å². The highest BCUT2D eigenvalue weighted by Crippen LogP contribution is 2.28. The summed E-state index contributed by atoms with van der Waals surface area (Å²) in [6.07, 6.45) is -1.14. The van der Waals surface area contributed by atoms with Crippen LogP contribution < -0.4 is 5.32 Å². The predicted molar refractivity (Wildman–Crippen MR) is 63.3 cm³/mol. The van der Waals surface area contributed by atoms with E-state index in [1.807, 2.05) is 0 Å². The number of nitrogens with zero attached hydrogens (tertiary/aromatic N) is 3. The molecular weight excluding hydrogens is 276 g/mol. The Bertz CT molecular complexity index is 600. The van der Waals surface area contributed by atoms with Gasteiger partial charge < -0.3 is 5.32 Å². The molecule has 8 heteroatoms. The van der Waals surface area contributed by atoms with Crippen molar-refractivity contribution in [2.45, 2.75) is 19.1 Å². The molecule has 0 radical (unpaired) electrons. The third-order valence-electron chi connectivity index (χ3n) is 2.56. The van der Waals surface area contributed by atoms with Crippen molar-refractivity contribution in [3.05, 3.63) is 47.8 Å². The fraction of sp³-hybridized carbons (Fsp3) is 0.250. The van der Waals surface area contributed by atoms with Crippen LogP contribution in [0.1, 0.15) is 24.2 Å². The Morgan fingerprint density at radius 2 is 1.95 bits per heavy atom. The van der Waals surface area contributed by atoms with E-state index in [-0.39, 0.29) is 11.5 Å². The predicted octanol–water partition coefficient (Wildman–Crippen LogP) is 3.20. The Morgan fingerprint density at radius 3 is 2.60 bits per heavy atom. The van der Waals surface area contributed by atoms with Crippen LogP contribution in [-0.2, 0) is 6.18 Å². The van der Waals surface area contributed by atoms with E-state index in [1.54, 1.807) is 6.92 Å². The molecule has 0 aliphatic heterocycles. The molecule has 0 spiro atoms. The van der Waals surface area contributed by atoms with Crippen molar-refractivity contribution in [1.29, 1.82) is 0 Å². The van der Waals surface area contributed by atoms with Crippen LogP contribution in [0.5, 0.6) is 0 Å². The number of halogens is 4. The zero-order chi connectivity index (χ0) is 14.8. The molecule has 0 bridgehead atoms. The number of hydrogen-bond donors (Lipinski definition) is 1. The molecular formula is C12H10F4N4. The monoisotopic (exact) mass is 286 g/mol. The molecule has 0 saturated heterocycles. The highest BCUT2D eigenvalue weighted by Gasteiger charge is 2.32. The summed E-state index contributed by atoms with van der Waals surface area (Å²) in [7, 11) is 0. The smallest absolute Gasteiger partial charge is 0.348 e. The number of pyridine rings is 1. The van der Waals surface area contributed by atoms with E-state index in [0.29, 0.717) is 0 Å². The summed E-state index contributed by atoms with van der Waals surface area (Å²) >= 11 is 0. The van der Waals surface area contributed by atoms with Crippen LogP contribution in [0.3, 0.4) is 0 Å². The zero-order valence-electron chi connectivity index (χ0n) is 10.3. The maximum absolute atomic E-state index is 13.5. The van der Waals surface area contributed by atoms with E-state index in [2.05, 4.69) is 20.3 Å². The largest absolute Gasteiger partial charge is 0.433 e. The summed E-state index contributed by atoms with van der Waals surface area (Å²) < 4.78 is 51.0. The minimum Gasteiger partial charge on any atom is -0.348 e. The summed E-state index contributed by atoms with van der Waals surface area (Å²) in [5.74, 6) is -0.775. The number of anilines is 1. The molecule has 0 saturated carbocycles. The lowest BCUT2D eigenvalue weighted by Crippen LogP contribution is -2.14. The summed E-state index contributed by atoms with van der Waals surface area (Å²) in [5, 5.41) is 2.62. The van der Waals surface area contributed by atoms with E-state index >= 15 is 0 Å². The molecule has 1 unspecified atom stereocenters. The average Bonchev–Trinajstić information content (AvgIpc) is 2.38. The van der Waals surface area contributed by atoms with Crippen LogP contribution in [0.15, 0.2) is 30.7 Å². The Kier molecular flexibility index (Phi) is 3.82. The number of rotatable bonds is 3. The van der Waals surface area contributed by atoms with Gasteiger partial charge in [-0.2, -0.15) is 13.2 Å². The zero-order valence-corrected chi connectivity index (χ0v) is 10.3. The second kappa shape index (κ2) is 5.40. The van der Waals surface area contributed by atoms with Gasteiger partial charge in [0.15, 0.2) is 0 Å². The van der Waals surface area contributed by atoms with Gasteiger partial charge in [0, 0.05) is 18.0 Å². The molecule has 2 rings (SSSR count). The fourth-order valence-electron chi connectivity index (χ4n) is 1.59. The molecule has 0 fully saturated rings.